The van der Waals surface area contributed by atoms with E-state index in [-0.39, 0.29) is 25.6 Å². The Morgan fingerprint density at radius 2 is 2.00 bits per heavy atom. The number of hydrogen-bond donors (Lipinski definition) is 2. The van der Waals surface area contributed by atoms with Crippen LogP contribution in [0.5, 0.6) is 5.75 Å². The van der Waals surface area contributed by atoms with Crippen LogP contribution < -0.4 is 15.4 Å². The molecule has 1 aromatic heterocycles. The molecule has 0 spiro atoms. The Morgan fingerprint density at radius 3 is 2.73 bits per heavy atom. The van der Waals surface area contributed by atoms with E-state index in [4.69, 9.17) is 20.8 Å². The summed E-state index contributed by atoms with van der Waals surface area (Å²) in [6.45, 7) is -0.0367. The molecule has 116 valence electrons. The molecule has 2 N–H and O–H groups in total. The third-order valence-corrected chi connectivity index (χ3v) is 2.89. The van der Waals surface area contributed by atoms with Crippen molar-refractivity contribution in [2.75, 3.05) is 13.2 Å². The number of furan rings is 1. The van der Waals surface area contributed by atoms with Gasteiger partial charge in [-0.25, -0.2) is 0 Å². The van der Waals surface area contributed by atoms with Crippen LogP contribution in [-0.2, 0) is 16.1 Å². The van der Waals surface area contributed by atoms with Crippen molar-refractivity contribution in [3.63, 3.8) is 0 Å². The minimum absolute atomic E-state index is 0.127. The molecule has 0 bridgehead atoms. The van der Waals surface area contributed by atoms with Crippen molar-refractivity contribution in [1.82, 2.24) is 10.6 Å². The van der Waals surface area contributed by atoms with Crippen molar-refractivity contribution in [2.45, 2.75) is 6.54 Å². The fraction of sp³-hybridized carbons (Fsp3) is 0.200. The number of carbonyl (C=O) groups excluding carboxylic acids is 2. The molecule has 0 aliphatic carbocycles. The Balaban J connectivity index is 1.63. The van der Waals surface area contributed by atoms with Crippen molar-refractivity contribution in [2.24, 2.45) is 0 Å². The lowest BCUT2D eigenvalue weighted by atomic mass is 10.3. The lowest BCUT2D eigenvalue weighted by Gasteiger charge is -2.08. The average Bonchev–Trinajstić information content (AvgIpc) is 3.02. The molecule has 0 saturated carbocycles. The molecule has 2 rings (SSSR count). The summed E-state index contributed by atoms with van der Waals surface area (Å²) in [5.41, 5.74) is 0. The first kappa shape index (κ1) is 15.9. The molecule has 0 atom stereocenters. The summed E-state index contributed by atoms with van der Waals surface area (Å²) >= 11 is 5.80. The number of benzene rings is 1. The van der Waals surface area contributed by atoms with Crippen molar-refractivity contribution < 1.29 is 18.7 Å². The zero-order valence-electron chi connectivity index (χ0n) is 11.7. The Kier molecular flexibility index (Phi) is 5.85. The molecule has 6 nitrogen and oxygen atoms in total. The molecule has 2 aromatic rings. The first-order valence-corrected chi connectivity index (χ1v) is 6.95. The molecule has 0 unspecified atom stereocenters. The number of hydrogen-bond acceptors (Lipinski definition) is 4. The Morgan fingerprint density at radius 1 is 1.14 bits per heavy atom. The van der Waals surface area contributed by atoms with Gasteiger partial charge < -0.3 is 19.8 Å². The minimum atomic E-state index is -0.395. The smallest absolute Gasteiger partial charge is 0.258 e. The van der Waals surface area contributed by atoms with Gasteiger partial charge in [0.05, 0.1) is 19.4 Å². The quantitative estimate of drug-likeness (QED) is 0.813. The van der Waals surface area contributed by atoms with Crippen LogP contribution in [0, 0.1) is 0 Å². The Hall–Kier alpha value is -2.47. The fourth-order valence-electron chi connectivity index (χ4n) is 1.60. The summed E-state index contributed by atoms with van der Waals surface area (Å²) in [4.78, 5) is 23.1. The van der Waals surface area contributed by atoms with Gasteiger partial charge in [0, 0.05) is 5.02 Å². The molecule has 1 aromatic carbocycles. The highest BCUT2D eigenvalue weighted by molar-refractivity contribution is 6.30. The summed E-state index contributed by atoms with van der Waals surface area (Å²) in [6, 6.07) is 10.2. The molecule has 22 heavy (non-hydrogen) atoms. The van der Waals surface area contributed by atoms with Crippen LogP contribution >= 0.6 is 11.6 Å². The van der Waals surface area contributed by atoms with E-state index in [1.165, 1.54) is 6.26 Å². The van der Waals surface area contributed by atoms with Gasteiger partial charge in [-0.2, -0.15) is 0 Å². The van der Waals surface area contributed by atoms with Crippen molar-refractivity contribution >= 4 is 23.4 Å². The molecular formula is C15H15ClN2O4. The molecule has 2 amide bonds. The summed E-state index contributed by atoms with van der Waals surface area (Å²) in [5.74, 6) is 0.425. The van der Waals surface area contributed by atoms with Crippen LogP contribution in [0.25, 0.3) is 0 Å². The number of rotatable bonds is 7. The molecule has 0 saturated heterocycles. The number of halogens is 1. The zero-order chi connectivity index (χ0) is 15.8. The van der Waals surface area contributed by atoms with Gasteiger partial charge in [0.25, 0.3) is 5.91 Å². The second-order valence-corrected chi connectivity index (χ2v) is 4.82. The van der Waals surface area contributed by atoms with E-state index in [0.29, 0.717) is 16.5 Å². The lowest BCUT2D eigenvalue weighted by Crippen LogP contribution is -2.38. The zero-order valence-corrected chi connectivity index (χ0v) is 12.4. The van der Waals surface area contributed by atoms with Crippen LogP contribution in [0.1, 0.15) is 5.76 Å². The second kappa shape index (κ2) is 8.09. The van der Waals surface area contributed by atoms with E-state index in [2.05, 4.69) is 10.6 Å². The van der Waals surface area contributed by atoms with Gasteiger partial charge in [0.15, 0.2) is 6.61 Å². The molecular weight excluding hydrogens is 308 g/mol. The molecule has 1 heterocycles. The van der Waals surface area contributed by atoms with Crippen molar-refractivity contribution in [3.8, 4) is 5.75 Å². The SMILES string of the molecule is O=C(CNC(=O)COc1cccc(Cl)c1)NCc1ccco1. The number of amides is 2. The Bertz CT molecular complexity index is 628. The first-order valence-electron chi connectivity index (χ1n) is 6.57. The van der Waals surface area contributed by atoms with E-state index in [9.17, 15) is 9.59 Å². The average molecular weight is 323 g/mol. The summed E-state index contributed by atoms with van der Waals surface area (Å²) in [5, 5.41) is 5.60. The largest absolute Gasteiger partial charge is 0.484 e. The normalized spacial score (nSPS) is 10.0. The molecule has 7 heteroatoms. The standard InChI is InChI=1S/C15H15ClN2O4/c16-11-3-1-4-12(7-11)22-10-15(20)18-9-14(19)17-8-13-5-2-6-21-13/h1-7H,8-10H2,(H,17,19)(H,18,20). The predicted molar refractivity (Wildman–Crippen MR) is 80.5 cm³/mol. The highest BCUT2D eigenvalue weighted by Gasteiger charge is 2.07. The molecule has 0 aliphatic heterocycles. The van der Waals surface area contributed by atoms with E-state index in [0.717, 1.165) is 0 Å². The van der Waals surface area contributed by atoms with Crippen LogP contribution in [0.2, 0.25) is 5.02 Å². The Labute approximate surface area is 132 Å². The van der Waals surface area contributed by atoms with Crippen LogP contribution in [0.3, 0.4) is 0 Å². The number of nitrogens with one attached hydrogen (secondary N) is 2. The third kappa shape index (κ3) is 5.49. The van der Waals surface area contributed by atoms with Crippen LogP contribution in [0.4, 0.5) is 0 Å². The summed E-state index contributed by atoms with van der Waals surface area (Å²) < 4.78 is 10.3. The predicted octanol–water partition coefficient (Wildman–Crippen LogP) is 1.74. The third-order valence-electron chi connectivity index (χ3n) is 2.65. The van der Waals surface area contributed by atoms with E-state index in [1.54, 1.807) is 36.4 Å². The second-order valence-electron chi connectivity index (χ2n) is 4.38. The van der Waals surface area contributed by atoms with Gasteiger partial charge >= 0.3 is 0 Å². The van der Waals surface area contributed by atoms with Crippen LogP contribution in [-0.4, -0.2) is 25.0 Å². The van der Waals surface area contributed by atoms with Gasteiger partial charge in [-0.15, -0.1) is 0 Å². The molecule has 0 radical (unpaired) electrons. The number of ether oxygens (including phenoxy) is 1. The maximum atomic E-state index is 11.6. The molecule has 0 fully saturated rings. The maximum Gasteiger partial charge on any atom is 0.258 e. The van der Waals surface area contributed by atoms with Gasteiger partial charge in [-0.3, -0.25) is 9.59 Å². The first-order chi connectivity index (χ1) is 10.6. The fourth-order valence-corrected chi connectivity index (χ4v) is 1.78. The van der Waals surface area contributed by atoms with E-state index >= 15 is 0 Å². The van der Waals surface area contributed by atoms with Gasteiger partial charge in [0.1, 0.15) is 11.5 Å². The highest BCUT2D eigenvalue weighted by Crippen LogP contribution is 2.16. The van der Waals surface area contributed by atoms with E-state index in [1.807, 2.05) is 0 Å². The summed E-state index contributed by atoms with van der Waals surface area (Å²) in [7, 11) is 0. The van der Waals surface area contributed by atoms with Crippen molar-refractivity contribution in [3.05, 3.63) is 53.4 Å². The van der Waals surface area contributed by atoms with Gasteiger partial charge in [-0.05, 0) is 30.3 Å². The highest BCUT2D eigenvalue weighted by atomic mass is 35.5. The van der Waals surface area contributed by atoms with Gasteiger partial charge in [-0.1, -0.05) is 17.7 Å². The van der Waals surface area contributed by atoms with E-state index < -0.39 is 5.91 Å². The van der Waals surface area contributed by atoms with Crippen LogP contribution in [0.15, 0.2) is 47.1 Å². The van der Waals surface area contributed by atoms with Gasteiger partial charge in [0.2, 0.25) is 5.91 Å². The molecule has 0 aliphatic rings. The lowest BCUT2D eigenvalue weighted by molar-refractivity contribution is -0.127. The topological polar surface area (TPSA) is 80.6 Å². The monoisotopic (exact) mass is 322 g/mol. The van der Waals surface area contributed by atoms with Crippen molar-refractivity contribution in [1.29, 1.82) is 0 Å². The summed E-state index contributed by atoms with van der Waals surface area (Å²) in [6.07, 6.45) is 1.52. The minimum Gasteiger partial charge on any atom is -0.484 e. The number of carbonyl (C=O) groups is 2. The maximum absolute atomic E-state index is 11.6.